The van der Waals surface area contributed by atoms with Crippen molar-refractivity contribution in [3.8, 4) is 0 Å². The van der Waals surface area contributed by atoms with Crippen LogP contribution >= 0.6 is 0 Å². The lowest BCUT2D eigenvalue weighted by atomic mass is 9.82. The highest BCUT2D eigenvalue weighted by molar-refractivity contribution is 5.92. The second-order valence-electron chi connectivity index (χ2n) is 8.53. The van der Waals surface area contributed by atoms with Gasteiger partial charge in [-0.25, -0.2) is 9.59 Å². The summed E-state index contributed by atoms with van der Waals surface area (Å²) in [6.45, 7) is 8.29. The topological polar surface area (TPSA) is 124 Å². The van der Waals surface area contributed by atoms with Gasteiger partial charge in [0.25, 0.3) is 0 Å². The second kappa shape index (κ2) is 7.89. The van der Waals surface area contributed by atoms with Crippen LogP contribution in [0.5, 0.6) is 0 Å². The summed E-state index contributed by atoms with van der Waals surface area (Å²) < 4.78 is 27.7. The quantitative estimate of drug-likeness (QED) is 0.219. The van der Waals surface area contributed by atoms with Gasteiger partial charge >= 0.3 is 17.9 Å². The summed E-state index contributed by atoms with van der Waals surface area (Å²) >= 11 is 0. The molecule has 0 unspecified atom stereocenters. The molecule has 0 bridgehead atoms. The fraction of sp³-hybridized carbons (Fsp3) is 0.591. The predicted octanol–water partition coefficient (Wildman–Crippen LogP) is 0.753. The molecule has 0 aromatic rings. The average Bonchev–Trinajstić information content (AvgIpc) is 3.58. The maximum absolute atomic E-state index is 12.7. The third-order valence-electron chi connectivity index (χ3n) is 6.22. The Kier molecular flexibility index (Phi) is 5.53. The largest absolute Gasteiger partial charge is 0.462 e. The lowest BCUT2D eigenvalue weighted by Crippen LogP contribution is -2.38. The highest BCUT2D eigenvalue weighted by Crippen LogP contribution is 2.53. The Morgan fingerprint density at radius 3 is 2.81 bits per heavy atom. The van der Waals surface area contributed by atoms with E-state index >= 15 is 0 Å². The normalized spacial score (nSPS) is 40.4. The number of epoxide rings is 2. The first-order valence-electron chi connectivity index (χ1n) is 10.2. The number of fused-ring (bicyclic) bond motifs is 4. The first-order chi connectivity index (χ1) is 14.6. The van der Waals surface area contributed by atoms with Crippen LogP contribution in [0.2, 0.25) is 0 Å². The van der Waals surface area contributed by atoms with Gasteiger partial charge in [0.2, 0.25) is 0 Å². The Balaban J connectivity index is 1.60. The molecule has 0 saturated carbocycles. The Morgan fingerprint density at radius 1 is 1.39 bits per heavy atom. The van der Waals surface area contributed by atoms with Gasteiger partial charge in [0.15, 0.2) is 0 Å². The van der Waals surface area contributed by atoms with Gasteiger partial charge in [0.1, 0.15) is 37.1 Å². The van der Waals surface area contributed by atoms with Crippen LogP contribution in [-0.4, -0.2) is 72.3 Å². The summed E-state index contributed by atoms with van der Waals surface area (Å²) in [6.07, 6.45) is 1.28. The molecule has 3 heterocycles. The zero-order valence-electron chi connectivity index (χ0n) is 17.7. The number of hydrogen-bond donors (Lipinski definition) is 1. The van der Waals surface area contributed by atoms with E-state index in [1.807, 2.05) is 6.92 Å². The molecule has 31 heavy (non-hydrogen) atoms. The molecule has 9 nitrogen and oxygen atoms in total. The van der Waals surface area contributed by atoms with E-state index in [4.69, 9.17) is 23.7 Å². The van der Waals surface area contributed by atoms with Crippen molar-refractivity contribution < 1.29 is 43.2 Å². The monoisotopic (exact) mass is 434 g/mol. The molecule has 7 atom stereocenters. The number of aliphatic hydroxyl groups excluding tert-OH is 1. The first-order valence-corrected chi connectivity index (χ1v) is 10.2. The summed E-state index contributed by atoms with van der Waals surface area (Å²) in [6, 6.07) is 0. The zero-order valence-corrected chi connectivity index (χ0v) is 17.7. The minimum atomic E-state index is -0.755. The molecule has 0 amide bonds. The average molecular weight is 434 g/mol. The summed E-state index contributed by atoms with van der Waals surface area (Å²) in [5, 5.41) is 9.81. The zero-order chi connectivity index (χ0) is 22.5. The molecule has 1 aliphatic carbocycles. The molecule has 4 rings (SSSR count). The lowest BCUT2D eigenvalue weighted by Gasteiger charge is -2.28. The molecule has 3 saturated heterocycles. The standard InChI is InChI=1S/C22H26O9/c1-10(5-6-27-12(3)24)20(25)29-15-8-22(4)19(31-22)18-17(30-18)13(9-23)7-14-16(15)11(2)21(26)28-14/h5,7,14-19,23H,2,6,8-9H2,1,3-4H3/b10-5-,13-7-/t14-,15-,16+,17+,18+,19+,22-/m1/s1. The van der Waals surface area contributed by atoms with Crippen molar-refractivity contribution in [1.29, 1.82) is 0 Å². The van der Waals surface area contributed by atoms with Crippen LogP contribution in [-0.2, 0) is 38.1 Å². The van der Waals surface area contributed by atoms with E-state index in [1.54, 1.807) is 13.0 Å². The smallest absolute Gasteiger partial charge is 0.334 e. The maximum atomic E-state index is 12.7. The number of carbonyl (C=O) groups excluding carboxylic acids is 3. The van der Waals surface area contributed by atoms with Crippen molar-refractivity contribution >= 4 is 17.9 Å². The van der Waals surface area contributed by atoms with Gasteiger partial charge in [-0.3, -0.25) is 4.79 Å². The lowest BCUT2D eigenvalue weighted by molar-refractivity contribution is -0.148. The highest BCUT2D eigenvalue weighted by Gasteiger charge is 2.67. The summed E-state index contributed by atoms with van der Waals surface area (Å²) in [7, 11) is 0. The van der Waals surface area contributed by atoms with Crippen LogP contribution in [0.15, 0.2) is 35.5 Å². The Bertz CT molecular complexity index is 887. The van der Waals surface area contributed by atoms with Gasteiger partial charge in [-0.1, -0.05) is 6.58 Å². The molecule has 0 spiro atoms. The molecular weight excluding hydrogens is 408 g/mol. The molecule has 0 radical (unpaired) electrons. The highest BCUT2D eigenvalue weighted by atomic mass is 16.7. The van der Waals surface area contributed by atoms with E-state index in [2.05, 4.69) is 6.58 Å². The Hall–Kier alpha value is -2.49. The van der Waals surface area contributed by atoms with Crippen molar-refractivity contribution in [3.63, 3.8) is 0 Å². The van der Waals surface area contributed by atoms with Crippen molar-refractivity contribution in [1.82, 2.24) is 0 Å². The fourth-order valence-corrected chi connectivity index (χ4v) is 4.36. The van der Waals surface area contributed by atoms with Crippen LogP contribution in [0.4, 0.5) is 0 Å². The van der Waals surface area contributed by atoms with E-state index in [-0.39, 0.29) is 42.7 Å². The summed E-state index contributed by atoms with van der Waals surface area (Å²) in [5.41, 5.74) is 0.465. The van der Waals surface area contributed by atoms with Gasteiger partial charge in [-0.2, -0.15) is 0 Å². The third-order valence-corrected chi connectivity index (χ3v) is 6.22. The van der Waals surface area contributed by atoms with Gasteiger partial charge in [-0.15, -0.1) is 0 Å². The Morgan fingerprint density at radius 2 is 2.13 bits per heavy atom. The molecule has 0 aromatic heterocycles. The summed E-state index contributed by atoms with van der Waals surface area (Å²) in [4.78, 5) is 35.9. The van der Waals surface area contributed by atoms with Crippen molar-refractivity contribution in [2.75, 3.05) is 13.2 Å². The summed E-state index contributed by atoms with van der Waals surface area (Å²) in [5.74, 6) is -2.26. The van der Waals surface area contributed by atoms with Crippen molar-refractivity contribution in [2.45, 2.75) is 63.3 Å². The van der Waals surface area contributed by atoms with Crippen molar-refractivity contribution in [2.24, 2.45) is 5.92 Å². The number of rotatable bonds is 5. The van der Waals surface area contributed by atoms with Gasteiger partial charge in [-0.05, 0) is 31.6 Å². The third kappa shape index (κ3) is 4.17. The van der Waals surface area contributed by atoms with E-state index in [1.165, 1.54) is 13.0 Å². The minimum Gasteiger partial charge on any atom is -0.462 e. The van der Waals surface area contributed by atoms with Gasteiger partial charge in [0, 0.05) is 24.5 Å². The number of esters is 3. The SMILES string of the molecule is C=C1C(=O)O[C@@H]2/C=C(/CO)[C@@H]3O[C@@H]3[C@@H]3O[C@]3(C)C[C@@H](OC(=O)/C(C)=C\COC(C)=O)[C@@H]12. The van der Waals surface area contributed by atoms with Crippen LogP contribution in [0, 0.1) is 5.92 Å². The molecule has 3 aliphatic heterocycles. The Labute approximate surface area is 179 Å². The molecular formula is C22H26O9. The van der Waals surface area contributed by atoms with Gasteiger partial charge < -0.3 is 28.8 Å². The number of ether oxygens (including phenoxy) is 5. The maximum Gasteiger partial charge on any atom is 0.334 e. The molecule has 0 aromatic carbocycles. The van der Waals surface area contributed by atoms with E-state index in [0.717, 1.165) is 0 Å². The molecule has 168 valence electrons. The van der Waals surface area contributed by atoms with Crippen molar-refractivity contribution in [3.05, 3.63) is 35.5 Å². The van der Waals surface area contributed by atoms with Crippen LogP contribution in [0.3, 0.4) is 0 Å². The number of carbonyl (C=O) groups is 3. The van der Waals surface area contributed by atoms with Crippen LogP contribution in [0.25, 0.3) is 0 Å². The first kappa shape index (κ1) is 21.7. The molecule has 1 N–H and O–H groups in total. The molecule has 4 aliphatic rings. The molecule has 9 heteroatoms. The van der Waals surface area contributed by atoms with Gasteiger partial charge in [0.05, 0.1) is 18.1 Å². The second-order valence-corrected chi connectivity index (χ2v) is 8.53. The fourth-order valence-electron chi connectivity index (χ4n) is 4.36. The van der Waals surface area contributed by atoms with Crippen LogP contribution in [0.1, 0.15) is 27.2 Å². The van der Waals surface area contributed by atoms with E-state index < -0.39 is 41.6 Å². The van der Waals surface area contributed by atoms with E-state index in [9.17, 15) is 19.5 Å². The predicted molar refractivity (Wildman–Crippen MR) is 105 cm³/mol. The number of aliphatic hydroxyl groups is 1. The van der Waals surface area contributed by atoms with Crippen LogP contribution < -0.4 is 0 Å². The van der Waals surface area contributed by atoms with E-state index in [0.29, 0.717) is 12.0 Å². The molecule has 3 fully saturated rings. The number of hydrogen-bond acceptors (Lipinski definition) is 9. The minimum absolute atomic E-state index is 0.0484.